The molecule has 19 heavy (non-hydrogen) atoms. The van der Waals surface area contributed by atoms with Gasteiger partial charge in [0, 0.05) is 31.7 Å². The minimum Gasteiger partial charge on any atom is -0.314 e. The summed E-state index contributed by atoms with van der Waals surface area (Å²) < 4.78 is 13.0. The van der Waals surface area contributed by atoms with Gasteiger partial charge < -0.3 is 5.32 Å². The molecule has 1 spiro atoms. The highest BCUT2D eigenvalue weighted by atomic mass is 19.1. The van der Waals surface area contributed by atoms with E-state index in [1.165, 1.54) is 37.7 Å². The summed E-state index contributed by atoms with van der Waals surface area (Å²) in [6.07, 6.45) is 6.69. The highest BCUT2D eigenvalue weighted by Gasteiger charge is 2.39. The predicted molar refractivity (Wildman–Crippen MR) is 75.5 cm³/mol. The SMILES string of the molecule is Fc1ccc(CN2CCNCC23CCCCC3)cc1. The molecule has 2 nitrogen and oxygen atoms in total. The Labute approximate surface area is 115 Å². The average Bonchev–Trinajstić information content (AvgIpc) is 2.45. The molecule has 1 saturated carbocycles. The summed E-state index contributed by atoms with van der Waals surface area (Å²) in [4.78, 5) is 2.63. The molecule has 2 aliphatic rings. The van der Waals surface area contributed by atoms with Crippen molar-refractivity contribution in [2.24, 2.45) is 0 Å². The van der Waals surface area contributed by atoms with Crippen LogP contribution in [0.3, 0.4) is 0 Å². The Morgan fingerprint density at radius 1 is 1.11 bits per heavy atom. The number of rotatable bonds is 2. The van der Waals surface area contributed by atoms with E-state index in [4.69, 9.17) is 0 Å². The maximum Gasteiger partial charge on any atom is 0.123 e. The molecular weight excluding hydrogens is 239 g/mol. The molecule has 104 valence electrons. The van der Waals surface area contributed by atoms with Gasteiger partial charge in [-0.2, -0.15) is 0 Å². The van der Waals surface area contributed by atoms with Crippen LogP contribution >= 0.6 is 0 Å². The highest BCUT2D eigenvalue weighted by molar-refractivity contribution is 5.17. The van der Waals surface area contributed by atoms with E-state index in [1.54, 1.807) is 12.1 Å². The number of nitrogens with zero attached hydrogens (tertiary/aromatic N) is 1. The first-order valence-electron chi connectivity index (χ1n) is 7.49. The Kier molecular flexibility index (Phi) is 3.85. The first-order chi connectivity index (χ1) is 9.28. The van der Waals surface area contributed by atoms with Gasteiger partial charge in [0.2, 0.25) is 0 Å². The van der Waals surface area contributed by atoms with Crippen LogP contribution in [0.25, 0.3) is 0 Å². The van der Waals surface area contributed by atoms with Crippen LogP contribution in [-0.4, -0.2) is 30.1 Å². The van der Waals surface area contributed by atoms with Crippen molar-refractivity contribution < 1.29 is 4.39 Å². The molecule has 2 fully saturated rings. The number of piperazine rings is 1. The molecule has 1 N–H and O–H groups in total. The van der Waals surface area contributed by atoms with Gasteiger partial charge in [0.05, 0.1) is 0 Å². The molecule has 3 rings (SSSR count). The van der Waals surface area contributed by atoms with Gasteiger partial charge in [-0.25, -0.2) is 4.39 Å². The average molecular weight is 262 g/mol. The summed E-state index contributed by atoms with van der Waals surface area (Å²) in [6.45, 7) is 4.26. The summed E-state index contributed by atoms with van der Waals surface area (Å²) in [5.74, 6) is -0.142. The molecule has 0 unspecified atom stereocenters. The standard InChI is InChI=1S/C16H23FN2/c17-15-6-4-14(5-7-15)12-19-11-10-18-13-16(19)8-2-1-3-9-16/h4-7,18H,1-3,8-13H2. The van der Waals surface area contributed by atoms with Gasteiger partial charge in [0.1, 0.15) is 5.82 Å². The Morgan fingerprint density at radius 3 is 2.58 bits per heavy atom. The van der Waals surface area contributed by atoms with Crippen molar-refractivity contribution >= 4 is 0 Å². The minimum absolute atomic E-state index is 0.142. The quantitative estimate of drug-likeness (QED) is 0.881. The second-order valence-corrected chi connectivity index (χ2v) is 6.01. The van der Waals surface area contributed by atoms with E-state index in [2.05, 4.69) is 10.2 Å². The Hall–Kier alpha value is -0.930. The number of halogens is 1. The van der Waals surface area contributed by atoms with Crippen molar-refractivity contribution in [1.82, 2.24) is 10.2 Å². The van der Waals surface area contributed by atoms with Crippen LogP contribution in [0.5, 0.6) is 0 Å². The Balaban J connectivity index is 1.75. The second-order valence-electron chi connectivity index (χ2n) is 6.01. The zero-order valence-electron chi connectivity index (χ0n) is 11.5. The van der Waals surface area contributed by atoms with Crippen molar-refractivity contribution in [2.45, 2.75) is 44.2 Å². The van der Waals surface area contributed by atoms with Gasteiger partial charge >= 0.3 is 0 Å². The number of nitrogens with one attached hydrogen (secondary N) is 1. The van der Waals surface area contributed by atoms with E-state index in [1.807, 2.05) is 12.1 Å². The number of hydrogen-bond donors (Lipinski definition) is 1. The monoisotopic (exact) mass is 262 g/mol. The maximum absolute atomic E-state index is 13.0. The van der Waals surface area contributed by atoms with Gasteiger partial charge in [-0.1, -0.05) is 31.4 Å². The molecule has 0 atom stereocenters. The fourth-order valence-electron chi connectivity index (χ4n) is 3.64. The van der Waals surface area contributed by atoms with Crippen LogP contribution in [0, 0.1) is 5.82 Å². The lowest BCUT2D eigenvalue weighted by atomic mass is 9.79. The van der Waals surface area contributed by atoms with Gasteiger partial charge in [-0.3, -0.25) is 4.90 Å². The molecule has 1 saturated heterocycles. The number of hydrogen-bond acceptors (Lipinski definition) is 2. The molecule has 0 radical (unpaired) electrons. The van der Waals surface area contributed by atoms with Crippen LogP contribution in [0.2, 0.25) is 0 Å². The molecule has 1 heterocycles. The molecule has 0 amide bonds. The lowest BCUT2D eigenvalue weighted by molar-refractivity contribution is 0.0209. The predicted octanol–water partition coefficient (Wildman–Crippen LogP) is 2.93. The van der Waals surface area contributed by atoms with Crippen molar-refractivity contribution in [2.75, 3.05) is 19.6 Å². The fourth-order valence-corrected chi connectivity index (χ4v) is 3.64. The highest BCUT2D eigenvalue weighted by Crippen LogP contribution is 2.35. The van der Waals surface area contributed by atoms with Crippen molar-refractivity contribution in [3.8, 4) is 0 Å². The third kappa shape index (κ3) is 2.82. The Bertz CT molecular complexity index is 401. The van der Waals surface area contributed by atoms with Gasteiger partial charge in [-0.15, -0.1) is 0 Å². The zero-order chi connectivity index (χ0) is 13.1. The molecule has 0 bridgehead atoms. The van der Waals surface area contributed by atoms with E-state index in [0.29, 0.717) is 5.54 Å². The van der Waals surface area contributed by atoms with Crippen LogP contribution in [0.4, 0.5) is 4.39 Å². The van der Waals surface area contributed by atoms with E-state index in [0.717, 1.165) is 26.2 Å². The normalized spacial score (nSPS) is 23.6. The zero-order valence-corrected chi connectivity index (χ0v) is 11.5. The first kappa shape index (κ1) is 13.1. The van der Waals surface area contributed by atoms with Gasteiger partial charge in [0.15, 0.2) is 0 Å². The van der Waals surface area contributed by atoms with Crippen molar-refractivity contribution in [1.29, 1.82) is 0 Å². The van der Waals surface area contributed by atoms with Crippen LogP contribution in [0.15, 0.2) is 24.3 Å². The van der Waals surface area contributed by atoms with E-state index in [-0.39, 0.29) is 5.82 Å². The maximum atomic E-state index is 13.0. The summed E-state index contributed by atoms with van der Waals surface area (Å²) in [5, 5.41) is 3.57. The molecular formula is C16H23FN2. The molecule has 1 aromatic rings. The number of benzene rings is 1. The minimum atomic E-state index is -0.142. The fraction of sp³-hybridized carbons (Fsp3) is 0.625. The lowest BCUT2D eigenvalue weighted by Crippen LogP contribution is -2.61. The van der Waals surface area contributed by atoms with Gasteiger partial charge in [0.25, 0.3) is 0 Å². The van der Waals surface area contributed by atoms with Crippen LogP contribution in [-0.2, 0) is 6.54 Å². The van der Waals surface area contributed by atoms with Crippen molar-refractivity contribution in [3.63, 3.8) is 0 Å². The Morgan fingerprint density at radius 2 is 1.84 bits per heavy atom. The largest absolute Gasteiger partial charge is 0.314 e. The molecule has 1 aromatic carbocycles. The summed E-state index contributed by atoms with van der Waals surface area (Å²) in [6, 6.07) is 7.00. The molecule has 1 aliphatic carbocycles. The van der Waals surface area contributed by atoms with Crippen molar-refractivity contribution in [3.05, 3.63) is 35.6 Å². The van der Waals surface area contributed by atoms with E-state index < -0.39 is 0 Å². The second kappa shape index (κ2) is 5.59. The van der Waals surface area contributed by atoms with E-state index in [9.17, 15) is 4.39 Å². The first-order valence-corrected chi connectivity index (χ1v) is 7.49. The lowest BCUT2D eigenvalue weighted by Gasteiger charge is -2.50. The molecule has 3 heteroatoms. The summed E-state index contributed by atoms with van der Waals surface area (Å²) >= 11 is 0. The van der Waals surface area contributed by atoms with Gasteiger partial charge in [-0.05, 0) is 30.5 Å². The van der Waals surface area contributed by atoms with Crippen LogP contribution < -0.4 is 5.32 Å². The topological polar surface area (TPSA) is 15.3 Å². The summed E-state index contributed by atoms with van der Waals surface area (Å²) in [7, 11) is 0. The molecule has 0 aromatic heterocycles. The summed E-state index contributed by atoms with van der Waals surface area (Å²) in [5.41, 5.74) is 1.58. The van der Waals surface area contributed by atoms with E-state index >= 15 is 0 Å². The third-order valence-corrected chi connectivity index (χ3v) is 4.75. The molecule has 1 aliphatic heterocycles. The smallest absolute Gasteiger partial charge is 0.123 e. The third-order valence-electron chi connectivity index (χ3n) is 4.75. The van der Waals surface area contributed by atoms with Crippen LogP contribution in [0.1, 0.15) is 37.7 Å².